The molecule has 0 aliphatic heterocycles. The summed E-state index contributed by atoms with van der Waals surface area (Å²) in [4.78, 5) is 11.3. The Morgan fingerprint density at radius 3 is 2.14 bits per heavy atom. The lowest BCUT2D eigenvalue weighted by Gasteiger charge is -2.25. The van der Waals surface area contributed by atoms with Crippen LogP contribution in [0.2, 0.25) is 0 Å². The van der Waals surface area contributed by atoms with Crippen molar-refractivity contribution in [2.75, 3.05) is 13.7 Å². The van der Waals surface area contributed by atoms with Crippen LogP contribution in [-0.2, 0) is 14.3 Å². The van der Waals surface area contributed by atoms with Crippen molar-refractivity contribution in [2.45, 2.75) is 40.7 Å². The fraction of sp³-hybridized carbons (Fsp3) is 0.909. The van der Waals surface area contributed by atoms with Gasteiger partial charge in [-0.2, -0.15) is 0 Å². The third-order valence-corrected chi connectivity index (χ3v) is 2.38. The summed E-state index contributed by atoms with van der Waals surface area (Å²) in [5.74, 6) is 0.233. The lowest BCUT2D eigenvalue weighted by atomic mass is 9.95. The highest BCUT2D eigenvalue weighted by Gasteiger charge is 2.29. The van der Waals surface area contributed by atoms with E-state index >= 15 is 0 Å². The van der Waals surface area contributed by atoms with Gasteiger partial charge in [0.05, 0.1) is 25.2 Å². The molecule has 0 aromatic heterocycles. The molecular weight excluding hydrogens is 180 g/mol. The number of carbonyl (C=O) groups is 1. The van der Waals surface area contributed by atoms with Crippen molar-refractivity contribution in [3.8, 4) is 0 Å². The predicted octanol–water partition coefficient (Wildman–Crippen LogP) is 2.25. The third kappa shape index (κ3) is 4.09. The van der Waals surface area contributed by atoms with Crippen LogP contribution in [0.15, 0.2) is 0 Å². The van der Waals surface area contributed by atoms with Gasteiger partial charge in [0.25, 0.3) is 0 Å². The second kappa shape index (κ2) is 5.35. The van der Waals surface area contributed by atoms with E-state index in [-0.39, 0.29) is 12.1 Å². The van der Waals surface area contributed by atoms with Crippen LogP contribution in [0.5, 0.6) is 0 Å². The largest absolute Gasteiger partial charge is 0.469 e. The molecule has 0 amide bonds. The van der Waals surface area contributed by atoms with Crippen LogP contribution in [0.25, 0.3) is 0 Å². The van der Waals surface area contributed by atoms with Gasteiger partial charge in [-0.05, 0) is 26.7 Å². The lowest BCUT2D eigenvalue weighted by Crippen LogP contribution is -2.33. The molecule has 0 rings (SSSR count). The first kappa shape index (κ1) is 13.4. The van der Waals surface area contributed by atoms with E-state index in [1.54, 1.807) is 0 Å². The molecule has 0 saturated carbocycles. The van der Waals surface area contributed by atoms with E-state index in [1.807, 2.05) is 20.8 Å². The number of ether oxygens (including phenoxy) is 2. The summed E-state index contributed by atoms with van der Waals surface area (Å²) in [6, 6.07) is 0. The van der Waals surface area contributed by atoms with E-state index in [2.05, 4.69) is 18.6 Å². The fourth-order valence-corrected chi connectivity index (χ4v) is 0.867. The first-order valence-corrected chi connectivity index (χ1v) is 5.01. The summed E-state index contributed by atoms with van der Waals surface area (Å²) >= 11 is 0. The molecule has 1 unspecified atom stereocenters. The SMILES string of the molecule is COC(=O)C(C)(C)COC(C)C(C)C. The van der Waals surface area contributed by atoms with Crippen molar-refractivity contribution in [2.24, 2.45) is 11.3 Å². The number of methoxy groups -OCH3 is 1. The number of carbonyl (C=O) groups excluding carboxylic acids is 1. The zero-order valence-corrected chi connectivity index (χ0v) is 10.1. The Balaban J connectivity index is 4.05. The zero-order chi connectivity index (χ0) is 11.4. The van der Waals surface area contributed by atoms with Gasteiger partial charge in [0, 0.05) is 0 Å². The van der Waals surface area contributed by atoms with Gasteiger partial charge in [0.2, 0.25) is 0 Å². The minimum atomic E-state index is -0.558. The molecule has 0 spiro atoms. The minimum absolute atomic E-state index is 0.166. The number of hydrogen-bond donors (Lipinski definition) is 0. The molecule has 0 aliphatic rings. The lowest BCUT2D eigenvalue weighted by molar-refractivity contribution is -0.155. The maximum atomic E-state index is 11.3. The molecule has 1 atom stereocenters. The van der Waals surface area contributed by atoms with Gasteiger partial charge in [-0.25, -0.2) is 0 Å². The van der Waals surface area contributed by atoms with Crippen molar-refractivity contribution in [3.05, 3.63) is 0 Å². The number of hydrogen-bond acceptors (Lipinski definition) is 3. The molecule has 0 aliphatic carbocycles. The summed E-state index contributed by atoms with van der Waals surface area (Å²) in [7, 11) is 1.40. The first-order chi connectivity index (χ1) is 6.31. The van der Waals surface area contributed by atoms with Gasteiger partial charge < -0.3 is 9.47 Å². The van der Waals surface area contributed by atoms with Gasteiger partial charge in [-0.3, -0.25) is 4.79 Å². The second-order valence-electron chi connectivity index (χ2n) is 4.64. The van der Waals surface area contributed by atoms with Crippen LogP contribution >= 0.6 is 0 Å². The summed E-state index contributed by atoms with van der Waals surface area (Å²) in [6.07, 6.45) is 0.166. The van der Waals surface area contributed by atoms with Crippen LogP contribution in [0.4, 0.5) is 0 Å². The zero-order valence-electron chi connectivity index (χ0n) is 10.1. The smallest absolute Gasteiger partial charge is 0.313 e. The minimum Gasteiger partial charge on any atom is -0.469 e. The summed E-state index contributed by atoms with van der Waals surface area (Å²) in [5, 5.41) is 0. The van der Waals surface area contributed by atoms with E-state index in [4.69, 9.17) is 4.74 Å². The quantitative estimate of drug-likeness (QED) is 0.641. The highest BCUT2D eigenvalue weighted by molar-refractivity contribution is 5.75. The van der Waals surface area contributed by atoms with Crippen LogP contribution in [0.1, 0.15) is 34.6 Å². The molecule has 0 radical (unpaired) electrons. The molecule has 0 N–H and O–H groups in total. The fourth-order valence-electron chi connectivity index (χ4n) is 0.867. The Kier molecular flexibility index (Phi) is 5.13. The monoisotopic (exact) mass is 202 g/mol. The van der Waals surface area contributed by atoms with Gasteiger partial charge in [-0.1, -0.05) is 13.8 Å². The van der Waals surface area contributed by atoms with Crippen molar-refractivity contribution in [1.82, 2.24) is 0 Å². The maximum absolute atomic E-state index is 11.3. The average Bonchev–Trinajstić information content (AvgIpc) is 2.12. The Morgan fingerprint density at radius 2 is 1.79 bits per heavy atom. The Morgan fingerprint density at radius 1 is 1.29 bits per heavy atom. The summed E-state index contributed by atoms with van der Waals surface area (Å²) in [6.45, 7) is 10.3. The van der Waals surface area contributed by atoms with E-state index in [0.717, 1.165) is 0 Å². The maximum Gasteiger partial charge on any atom is 0.313 e. The van der Waals surface area contributed by atoms with Gasteiger partial charge in [0.1, 0.15) is 0 Å². The highest BCUT2D eigenvalue weighted by atomic mass is 16.5. The first-order valence-electron chi connectivity index (χ1n) is 5.01. The van der Waals surface area contributed by atoms with Crippen molar-refractivity contribution >= 4 is 5.97 Å². The van der Waals surface area contributed by atoms with Crippen LogP contribution in [0.3, 0.4) is 0 Å². The second-order valence-corrected chi connectivity index (χ2v) is 4.64. The Bertz CT molecular complexity index is 185. The molecular formula is C11H22O3. The van der Waals surface area contributed by atoms with Gasteiger partial charge in [0.15, 0.2) is 0 Å². The molecule has 0 aromatic carbocycles. The summed E-state index contributed by atoms with van der Waals surface area (Å²) < 4.78 is 10.3. The van der Waals surface area contributed by atoms with Crippen LogP contribution in [0, 0.1) is 11.3 Å². The van der Waals surface area contributed by atoms with E-state index in [1.165, 1.54) is 7.11 Å². The van der Waals surface area contributed by atoms with Crippen LogP contribution in [-0.4, -0.2) is 25.8 Å². The Hall–Kier alpha value is -0.570. The molecule has 0 heterocycles. The molecule has 14 heavy (non-hydrogen) atoms. The molecule has 3 nitrogen and oxygen atoms in total. The van der Waals surface area contributed by atoms with E-state index < -0.39 is 5.41 Å². The molecule has 0 aromatic rings. The average molecular weight is 202 g/mol. The normalized spacial score (nSPS) is 14.2. The summed E-state index contributed by atoms with van der Waals surface area (Å²) in [5.41, 5.74) is -0.558. The van der Waals surface area contributed by atoms with Crippen molar-refractivity contribution in [1.29, 1.82) is 0 Å². The van der Waals surface area contributed by atoms with Crippen molar-refractivity contribution in [3.63, 3.8) is 0 Å². The molecule has 0 saturated heterocycles. The number of rotatable bonds is 5. The van der Waals surface area contributed by atoms with Gasteiger partial charge in [-0.15, -0.1) is 0 Å². The molecule has 0 bridgehead atoms. The third-order valence-electron chi connectivity index (χ3n) is 2.38. The molecule has 84 valence electrons. The standard InChI is InChI=1S/C11H22O3/c1-8(2)9(3)14-7-11(4,5)10(12)13-6/h8-9H,7H2,1-6H3. The van der Waals surface area contributed by atoms with Gasteiger partial charge >= 0.3 is 5.97 Å². The van der Waals surface area contributed by atoms with Crippen LogP contribution < -0.4 is 0 Å². The molecule has 3 heteroatoms. The highest BCUT2D eigenvalue weighted by Crippen LogP contribution is 2.19. The molecule has 0 fully saturated rings. The number of esters is 1. The Labute approximate surface area is 86.8 Å². The topological polar surface area (TPSA) is 35.5 Å². The van der Waals surface area contributed by atoms with E-state index in [0.29, 0.717) is 12.5 Å². The predicted molar refractivity (Wildman–Crippen MR) is 56.0 cm³/mol. The van der Waals surface area contributed by atoms with Crippen molar-refractivity contribution < 1.29 is 14.3 Å². The van der Waals surface area contributed by atoms with E-state index in [9.17, 15) is 4.79 Å².